The van der Waals surface area contributed by atoms with E-state index in [-0.39, 0.29) is 11.7 Å². The van der Waals surface area contributed by atoms with Crippen molar-refractivity contribution in [3.63, 3.8) is 0 Å². The van der Waals surface area contributed by atoms with Gasteiger partial charge in [0.15, 0.2) is 0 Å². The summed E-state index contributed by atoms with van der Waals surface area (Å²) >= 11 is 1.54. The van der Waals surface area contributed by atoms with Crippen molar-refractivity contribution >= 4 is 29.0 Å². The molecule has 20 heavy (non-hydrogen) atoms. The van der Waals surface area contributed by atoms with Crippen LogP contribution >= 0.6 is 11.8 Å². The van der Waals surface area contributed by atoms with Crippen LogP contribution in [0.5, 0.6) is 0 Å². The second-order valence-corrected chi connectivity index (χ2v) is 5.54. The van der Waals surface area contributed by atoms with Crippen LogP contribution in [0.2, 0.25) is 0 Å². The van der Waals surface area contributed by atoms with Crippen LogP contribution in [0.1, 0.15) is 5.56 Å². The maximum absolute atomic E-state index is 12.8. The fraction of sp³-hybridized carbons (Fsp3) is 0.133. The number of halogens is 1. The van der Waals surface area contributed by atoms with Gasteiger partial charge in [0.1, 0.15) is 5.82 Å². The van der Waals surface area contributed by atoms with E-state index in [4.69, 9.17) is 0 Å². The first-order valence-corrected chi connectivity index (χ1v) is 7.24. The molecule has 2 N–H and O–H groups in total. The number of carbonyl (C=O) groups is 1. The summed E-state index contributed by atoms with van der Waals surface area (Å²) in [6, 6.07) is 12.3. The van der Waals surface area contributed by atoms with E-state index < -0.39 is 0 Å². The summed E-state index contributed by atoms with van der Waals surface area (Å²) in [7, 11) is 0. The Morgan fingerprint density at radius 2 is 2.00 bits per heavy atom. The molecule has 2 aromatic carbocycles. The molecule has 0 spiro atoms. The monoisotopic (exact) mass is 288 g/mol. The Morgan fingerprint density at radius 1 is 1.20 bits per heavy atom. The molecule has 102 valence electrons. The smallest absolute Gasteiger partial charge is 0.234 e. The fourth-order valence-electron chi connectivity index (χ4n) is 2.00. The van der Waals surface area contributed by atoms with Gasteiger partial charge in [0.25, 0.3) is 0 Å². The molecule has 5 heteroatoms. The number of rotatable bonds is 3. The van der Waals surface area contributed by atoms with Crippen LogP contribution in [0.4, 0.5) is 15.8 Å². The van der Waals surface area contributed by atoms with E-state index in [0.29, 0.717) is 12.3 Å². The van der Waals surface area contributed by atoms with Gasteiger partial charge in [-0.1, -0.05) is 12.1 Å². The molecule has 0 atom stereocenters. The van der Waals surface area contributed by atoms with E-state index in [1.807, 2.05) is 18.2 Å². The van der Waals surface area contributed by atoms with Gasteiger partial charge in [0.2, 0.25) is 5.91 Å². The van der Waals surface area contributed by atoms with Crippen LogP contribution in [0, 0.1) is 5.82 Å². The van der Waals surface area contributed by atoms with E-state index in [2.05, 4.69) is 10.6 Å². The average Bonchev–Trinajstić information content (AvgIpc) is 2.46. The van der Waals surface area contributed by atoms with E-state index in [9.17, 15) is 9.18 Å². The van der Waals surface area contributed by atoms with Crippen LogP contribution in [0.25, 0.3) is 0 Å². The number of nitrogens with one attached hydrogen (secondary N) is 2. The average molecular weight is 288 g/mol. The number of hydrogen-bond acceptors (Lipinski definition) is 3. The Labute approximate surface area is 120 Å². The summed E-state index contributed by atoms with van der Waals surface area (Å²) in [4.78, 5) is 12.4. The first kappa shape index (κ1) is 13.0. The lowest BCUT2D eigenvalue weighted by Crippen LogP contribution is -2.18. The van der Waals surface area contributed by atoms with E-state index >= 15 is 0 Å². The van der Waals surface area contributed by atoms with Gasteiger partial charge in [-0.25, -0.2) is 4.39 Å². The minimum atomic E-state index is -0.234. The Morgan fingerprint density at radius 3 is 2.80 bits per heavy atom. The predicted octanol–water partition coefficient (Wildman–Crippen LogP) is 3.48. The van der Waals surface area contributed by atoms with Crippen molar-refractivity contribution in [1.82, 2.24) is 0 Å². The zero-order valence-electron chi connectivity index (χ0n) is 10.7. The van der Waals surface area contributed by atoms with Gasteiger partial charge in [-0.2, -0.15) is 0 Å². The van der Waals surface area contributed by atoms with Gasteiger partial charge in [-0.3, -0.25) is 4.79 Å². The lowest BCUT2D eigenvalue weighted by Gasteiger charge is -2.17. The van der Waals surface area contributed by atoms with Crippen molar-refractivity contribution < 1.29 is 9.18 Å². The second kappa shape index (κ2) is 5.54. The molecule has 0 unspecified atom stereocenters. The minimum Gasteiger partial charge on any atom is -0.381 e. The van der Waals surface area contributed by atoms with Crippen LogP contribution in [-0.4, -0.2) is 11.7 Å². The third kappa shape index (κ3) is 2.93. The predicted molar refractivity (Wildman–Crippen MR) is 79.5 cm³/mol. The minimum absolute atomic E-state index is 0.0261. The quantitative estimate of drug-likeness (QED) is 0.908. The molecule has 0 radical (unpaired) electrons. The van der Waals surface area contributed by atoms with E-state index in [1.165, 1.54) is 12.1 Å². The summed E-state index contributed by atoms with van der Waals surface area (Å²) in [5, 5.41) is 6.12. The maximum Gasteiger partial charge on any atom is 0.234 e. The molecule has 2 aromatic rings. The Kier molecular flexibility index (Phi) is 3.60. The molecule has 1 heterocycles. The third-order valence-corrected chi connectivity index (χ3v) is 4.10. The molecule has 0 aliphatic carbocycles. The Hall–Kier alpha value is -2.01. The van der Waals surface area contributed by atoms with Gasteiger partial charge in [-0.15, -0.1) is 11.8 Å². The summed E-state index contributed by atoms with van der Waals surface area (Å²) < 4.78 is 12.8. The molecule has 1 aliphatic heterocycles. The molecule has 0 aromatic heterocycles. The number of amides is 1. The molecule has 0 bridgehead atoms. The molecule has 3 rings (SSSR count). The normalized spacial score (nSPS) is 13.6. The highest BCUT2D eigenvalue weighted by Gasteiger charge is 2.15. The van der Waals surface area contributed by atoms with Crippen molar-refractivity contribution in [2.24, 2.45) is 0 Å². The van der Waals surface area contributed by atoms with Crippen molar-refractivity contribution in [3.05, 3.63) is 53.8 Å². The highest BCUT2D eigenvalue weighted by Crippen LogP contribution is 2.33. The lowest BCUT2D eigenvalue weighted by atomic mass is 10.2. The van der Waals surface area contributed by atoms with Crippen LogP contribution in [0.15, 0.2) is 47.4 Å². The zero-order valence-corrected chi connectivity index (χ0v) is 11.5. The van der Waals surface area contributed by atoms with Gasteiger partial charge >= 0.3 is 0 Å². The SMILES string of the molecule is O=C1CSc2ccc(NCc3ccc(F)cc3)cc2N1. The topological polar surface area (TPSA) is 41.1 Å². The third-order valence-electron chi connectivity index (χ3n) is 3.02. The van der Waals surface area contributed by atoms with Crippen molar-refractivity contribution in [3.8, 4) is 0 Å². The molecule has 3 nitrogen and oxygen atoms in total. The molecule has 0 saturated heterocycles. The zero-order chi connectivity index (χ0) is 13.9. The summed E-state index contributed by atoms with van der Waals surface area (Å²) in [5.74, 6) is 0.260. The second-order valence-electron chi connectivity index (χ2n) is 4.53. The number of fused-ring (bicyclic) bond motifs is 1. The highest BCUT2D eigenvalue weighted by atomic mass is 32.2. The molecular weight excluding hydrogens is 275 g/mol. The summed E-state index contributed by atoms with van der Waals surface area (Å²) in [5.41, 5.74) is 2.77. The number of thioether (sulfide) groups is 1. The first-order chi connectivity index (χ1) is 9.70. The Balaban J connectivity index is 1.70. The highest BCUT2D eigenvalue weighted by molar-refractivity contribution is 8.00. The largest absolute Gasteiger partial charge is 0.381 e. The summed E-state index contributed by atoms with van der Waals surface area (Å²) in [6.45, 7) is 0.611. The molecule has 1 amide bonds. The standard InChI is InChI=1S/C15H13FN2OS/c16-11-3-1-10(2-4-11)8-17-12-5-6-14-13(7-12)18-15(19)9-20-14/h1-7,17H,8-9H2,(H,18,19). The fourth-order valence-corrected chi connectivity index (χ4v) is 2.79. The van der Waals surface area contributed by atoms with E-state index in [0.717, 1.165) is 21.8 Å². The van der Waals surface area contributed by atoms with E-state index in [1.54, 1.807) is 23.9 Å². The number of benzene rings is 2. The van der Waals surface area contributed by atoms with Gasteiger partial charge < -0.3 is 10.6 Å². The van der Waals surface area contributed by atoms with Gasteiger partial charge in [0, 0.05) is 17.1 Å². The molecule has 1 aliphatic rings. The van der Waals surface area contributed by atoms with Crippen molar-refractivity contribution in [2.75, 3.05) is 16.4 Å². The lowest BCUT2D eigenvalue weighted by molar-refractivity contribution is -0.113. The number of anilines is 2. The molecular formula is C15H13FN2OS. The summed E-state index contributed by atoms with van der Waals surface area (Å²) in [6.07, 6.45) is 0. The number of carbonyl (C=O) groups excluding carboxylic acids is 1. The maximum atomic E-state index is 12.8. The first-order valence-electron chi connectivity index (χ1n) is 6.26. The van der Waals surface area contributed by atoms with Crippen LogP contribution < -0.4 is 10.6 Å². The van der Waals surface area contributed by atoms with Gasteiger partial charge in [-0.05, 0) is 35.9 Å². The van der Waals surface area contributed by atoms with Gasteiger partial charge in [0.05, 0.1) is 11.4 Å². The van der Waals surface area contributed by atoms with Crippen molar-refractivity contribution in [1.29, 1.82) is 0 Å². The molecule has 0 fully saturated rings. The van der Waals surface area contributed by atoms with Crippen LogP contribution in [0.3, 0.4) is 0 Å². The number of hydrogen-bond donors (Lipinski definition) is 2. The Bertz CT molecular complexity index is 643. The van der Waals surface area contributed by atoms with Crippen LogP contribution in [-0.2, 0) is 11.3 Å². The molecule has 0 saturated carbocycles. The van der Waals surface area contributed by atoms with Crippen molar-refractivity contribution in [2.45, 2.75) is 11.4 Å².